The van der Waals surface area contributed by atoms with Crippen LogP contribution in [0, 0.1) is 19.7 Å². The number of carbonyl (C=O) groups excluding carboxylic acids is 1. The highest BCUT2D eigenvalue weighted by molar-refractivity contribution is 9.10. The van der Waals surface area contributed by atoms with Crippen molar-refractivity contribution in [2.75, 3.05) is 0 Å². The molecule has 88 valence electrons. The van der Waals surface area contributed by atoms with Gasteiger partial charge in [-0.2, -0.15) is 0 Å². The third-order valence-electron chi connectivity index (χ3n) is 2.45. The minimum atomic E-state index is -0.461. The third kappa shape index (κ3) is 2.48. The van der Waals surface area contributed by atoms with Crippen LogP contribution in [0.3, 0.4) is 0 Å². The van der Waals surface area contributed by atoms with Gasteiger partial charge in [0, 0.05) is 9.35 Å². The van der Waals surface area contributed by atoms with Crippen molar-refractivity contribution in [2.24, 2.45) is 0 Å². The van der Waals surface area contributed by atoms with Crippen molar-refractivity contribution in [3.05, 3.63) is 55.4 Å². The topological polar surface area (TPSA) is 17.1 Å². The maximum absolute atomic E-state index is 13.7. The molecule has 0 aliphatic rings. The van der Waals surface area contributed by atoms with E-state index in [1.54, 1.807) is 19.1 Å². The molecule has 0 saturated heterocycles. The molecule has 0 N–H and O–H groups in total. The summed E-state index contributed by atoms with van der Waals surface area (Å²) in [6.07, 6.45) is 0. The molecule has 0 amide bonds. The molecule has 0 aliphatic carbocycles. The van der Waals surface area contributed by atoms with Crippen LogP contribution < -0.4 is 0 Å². The van der Waals surface area contributed by atoms with E-state index in [9.17, 15) is 9.18 Å². The molecule has 1 aromatic heterocycles. The summed E-state index contributed by atoms with van der Waals surface area (Å²) in [5.74, 6) is -0.724. The summed E-state index contributed by atoms with van der Waals surface area (Å²) in [7, 11) is 0. The van der Waals surface area contributed by atoms with Crippen molar-refractivity contribution >= 4 is 33.0 Å². The zero-order valence-corrected chi connectivity index (χ0v) is 11.8. The van der Waals surface area contributed by atoms with Gasteiger partial charge in [-0.25, -0.2) is 4.39 Å². The Morgan fingerprint density at radius 3 is 2.53 bits per heavy atom. The van der Waals surface area contributed by atoms with Gasteiger partial charge in [-0.15, -0.1) is 11.3 Å². The first-order valence-corrected chi connectivity index (χ1v) is 6.67. The van der Waals surface area contributed by atoms with Crippen LogP contribution in [0.4, 0.5) is 4.39 Å². The fraction of sp³-hybridized carbons (Fsp3) is 0.154. The molecule has 0 fully saturated rings. The summed E-state index contributed by atoms with van der Waals surface area (Å²) in [4.78, 5) is 13.7. The Hall–Kier alpha value is -1.00. The fourth-order valence-corrected chi connectivity index (χ4v) is 3.00. The van der Waals surface area contributed by atoms with Gasteiger partial charge in [-0.1, -0.05) is 6.07 Å². The molecule has 17 heavy (non-hydrogen) atoms. The van der Waals surface area contributed by atoms with E-state index in [0.29, 0.717) is 4.88 Å². The first-order chi connectivity index (χ1) is 7.99. The maximum Gasteiger partial charge on any atom is 0.205 e. The van der Waals surface area contributed by atoms with Crippen LogP contribution in [0.1, 0.15) is 25.7 Å². The lowest BCUT2D eigenvalue weighted by Crippen LogP contribution is -2.02. The SMILES string of the molecule is Cc1ccc(C(=O)c2cc(Br)c(C)s2)c(F)c1. The number of rotatable bonds is 2. The van der Waals surface area contributed by atoms with E-state index in [-0.39, 0.29) is 11.3 Å². The first-order valence-electron chi connectivity index (χ1n) is 5.06. The van der Waals surface area contributed by atoms with Gasteiger partial charge in [-0.3, -0.25) is 4.79 Å². The highest BCUT2D eigenvalue weighted by Gasteiger charge is 2.17. The average molecular weight is 313 g/mol. The molecular weight excluding hydrogens is 303 g/mol. The molecule has 0 radical (unpaired) electrons. The van der Waals surface area contributed by atoms with E-state index in [0.717, 1.165) is 14.9 Å². The molecule has 2 aromatic rings. The Labute approximate surface area is 111 Å². The third-order valence-corrected chi connectivity index (χ3v) is 4.59. The largest absolute Gasteiger partial charge is 0.288 e. The van der Waals surface area contributed by atoms with Gasteiger partial charge in [0.2, 0.25) is 5.78 Å². The molecular formula is C13H10BrFOS. The van der Waals surface area contributed by atoms with Crippen molar-refractivity contribution in [2.45, 2.75) is 13.8 Å². The average Bonchev–Trinajstić information content (AvgIpc) is 2.58. The van der Waals surface area contributed by atoms with Crippen LogP contribution in [-0.2, 0) is 0 Å². The minimum absolute atomic E-state index is 0.129. The fourth-order valence-electron chi connectivity index (χ4n) is 1.51. The lowest BCUT2D eigenvalue weighted by atomic mass is 10.1. The molecule has 1 aromatic carbocycles. The van der Waals surface area contributed by atoms with Crippen molar-refractivity contribution < 1.29 is 9.18 Å². The second-order valence-corrected chi connectivity index (χ2v) is 5.94. The van der Waals surface area contributed by atoms with Crippen LogP contribution >= 0.6 is 27.3 Å². The molecule has 0 atom stereocenters. The van der Waals surface area contributed by atoms with E-state index >= 15 is 0 Å². The molecule has 1 heterocycles. The number of hydrogen-bond acceptors (Lipinski definition) is 2. The predicted molar refractivity (Wildman–Crippen MR) is 71.3 cm³/mol. The highest BCUT2D eigenvalue weighted by Crippen LogP contribution is 2.28. The number of aryl methyl sites for hydroxylation is 2. The number of thiophene rings is 1. The Morgan fingerprint density at radius 2 is 2.00 bits per heavy atom. The lowest BCUT2D eigenvalue weighted by Gasteiger charge is -2.01. The summed E-state index contributed by atoms with van der Waals surface area (Å²) in [5.41, 5.74) is 0.937. The van der Waals surface area contributed by atoms with Crippen LogP contribution in [0.2, 0.25) is 0 Å². The second kappa shape index (κ2) is 4.70. The smallest absolute Gasteiger partial charge is 0.205 e. The molecule has 2 rings (SSSR count). The minimum Gasteiger partial charge on any atom is -0.288 e. The normalized spacial score (nSPS) is 10.6. The van der Waals surface area contributed by atoms with Crippen LogP contribution in [0.5, 0.6) is 0 Å². The number of benzene rings is 1. The lowest BCUT2D eigenvalue weighted by molar-refractivity contribution is 0.103. The van der Waals surface area contributed by atoms with Gasteiger partial charge in [0.15, 0.2) is 0 Å². The van der Waals surface area contributed by atoms with E-state index < -0.39 is 5.82 Å². The van der Waals surface area contributed by atoms with E-state index in [4.69, 9.17) is 0 Å². The van der Waals surface area contributed by atoms with E-state index in [2.05, 4.69) is 15.9 Å². The Kier molecular flexibility index (Phi) is 3.45. The molecule has 0 aliphatic heterocycles. The van der Waals surface area contributed by atoms with Crippen molar-refractivity contribution in [1.82, 2.24) is 0 Å². The number of ketones is 1. The Bertz CT molecular complexity index is 570. The van der Waals surface area contributed by atoms with Gasteiger partial charge in [0.05, 0.1) is 10.4 Å². The molecule has 1 nitrogen and oxygen atoms in total. The summed E-state index contributed by atoms with van der Waals surface area (Å²) >= 11 is 4.72. The van der Waals surface area contributed by atoms with Crippen LogP contribution in [0.25, 0.3) is 0 Å². The van der Waals surface area contributed by atoms with Gasteiger partial charge in [0.1, 0.15) is 5.82 Å². The number of hydrogen-bond donors (Lipinski definition) is 0. The summed E-state index contributed by atoms with van der Waals surface area (Å²) in [5, 5.41) is 0. The quantitative estimate of drug-likeness (QED) is 0.746. The van der Waals surface area contributed by atoms with Crippen molar-refractivity contribution in [3.63, 3.8) is 0 Å². The zero-order chi connectivity index (χ0) is 12.6. The molecule has 4 heteroatoms. The molecule has 0 bridgehead atoms. The van der Waals surface area contributed by atoms with E-state index in [1.807, 2.05) is 6.92 Å². The zero-order valence-electron chi connectivity index (χ0n) is 9.38. The number of carbonyl (C=O) groups is 1. The van der Waals surface area contributed by atoms with Crippen LogP contribution in [-0.4, -0.2) is 5.78 Å². The second-order valence-electron chi connectivity index (χ2n) is 3.83. The standard InChI is InChI=1S/C13H10BrFOS/c1-7-3-4-9(11(15)5-7)13(16)12-6-10(14)8(2)17-12/h3-6H,1-2H3. The Balaban J connectivity index is 2.43. The van der Waals surface area contributed by atoms with Crippen molar-refractivity contribution in [1.29, 1.82) is 0 Å². The Morgan fingerprint density at radius 1 is 1.29 bits per heavy atom. The summed E-state index contributed by atoms with van der Waals surface area (Å²) in [6.45, 7) is 3.71. The molecule has 0 saturated carbocycles. The monoisotopic (exact) mass is 312 g/mol. The van der Waals surface area contributed by atoms with Crippen LogP contribution in [0.15, 0.2) is 28.7 Å². The van der Waals surface area contributed by atoms with E-state index in [1.165, 1.54) is 23.5 Å². The summed E-state index contributed by atoms with van der Waals surface area (Å²) in [6, 6.07) is 6.39. The highest BCUT2D eigenvalue weighted by atomic mass is 79.9. The molecule has 0 spiro atoms. The first kappa shape index (κ1) is 12.5. The van der Waals surface area contributed by atoms with Gasteiger partial charge in [-0.05, 0) is 53.5 Å². The van der Waals surface area contributed by atoms with Gasteiger partial charge >= 0.3 is 0 Å². The predicted octanol–water partition coefficient (Wildman–Crippen LogP) is 4.50. The van der Waals surface area contributed by atoms with Gasteiger partial charge < -0.3 is 0 Å². The van der Waals surface area contributed by atoms with Gasteiger partial charge in [0.25, 0.3) is 0 Å². The van der Waals surface area contributed by atoms with Crippen molar-refractivity contribution in [3.8, 4) is 0 Å². The molecule has 0 unspecified atom stereocenters. The maximum atomic E-state index is 13.7. The summed E-state index contributed by atoms with van der Waals surface area (Å²) < 4.78 is 14.6. The number of halogens is 2.